The minimum Gasteiger partial charge on any atom is -0.496 e. The molecular weight excluding hydrogens is 328 g/mol. The van der Waals surface area contributed by atoms with Gasteiger partial charge in [0.25, 0.3) is 5.56 Å². The largest absolute Gasteiger partial charge is 0.496 e. The number of H-pyrrole nitrogens is 1. The van der Waals surface area contributed by atoms with Gasteiger partial charge in [0.05, 0.1) is 18.2 Å². The van der Waals surface area contributed by atoms with Crippen LogP contribution in [0.3, 0.4) is 0 Å². The first kappa shape index (κ1) is 14.9. The summed E-state index contributed by atoms with van der Waals surface area (Å²) in [7, 11) is 1.63. The highest BCUT2D eigenvalue weighted by Gasteiger charge is 2.12. The van der Waals surface area contributed by atoms with Crippen LogP contribution in [-0.2, 0) is 6.42 Å². The molecule has 6 nitrogen and oxygen atoms in total. The summed E-state index contributed by atoms with van der Waals surface area (Å²) in [5.74, 6) is 1.16. The molecule has 6 heteroatoms. The maximum atomic E-state index is 12.6. The van der Waals surface area contributed by atoms with Crippen LogP contribution in [0, 0.1) is 0 Å². The zero-order chi connectivity index (χ0) is 17.7. The normalized spacial score (nSPS) is 14.0. The van der Waals surface area contributed by atoms with Crippen LogP contribution in [0.2, 0.25) is 0 Å². The van der Waals surface area contributed by atoms with Gasteiger partial charge in [-0.25, -0.2) is 4.98 Å². The van der Waals surface area contributed by atoms with E-state index in [-0.39, 0.29) is 5.56 Å². The van der Waals surface area contributed by atoms with Crippen LogP contribution in [0.5, 0.6) is 5.75 Å². The Morgan fingerprint density at radius 2 is 2.12 bits per heavy atom. The molecule has 0 atom stereocenters. The van der Waals surface area contributed by atoms with E-state index in [2.05, 4.69) is 15.1 Å². The Morgan fingerprint density at radius 3 is 3.00 bits per heavy atom. The maximum Gasteiger partial charge on any atom is 0.276 e. The molecular formula is C20H16N4O2. The number of nitrogens with zero attached hydrogens (tertiary/aromatic N) is 3. The van der Waals surface area contributed by atoms with E-state index in [1.54, 1.807) is 11.6 Å². The monoisotopic (exact) mass is 344 g/mol. The second-order valence-electron chi connectivity index (χ2n) is 6.31. The lowest BCUT2D eigenvalue weighted by Crippen LogP contribution is -2.28. The van der Waals surface area contributed by atoms with E-state index in [9.17, 15) is 4.79 Å². The first-order valence-corrected chi connectivity index (χ1v) is 8.50. The molecule has 1 N–H and O–H groups in total. The van der Waals surface area contributed by atoms with Crippen molar-refractivity contribution in [2.24, 2.45) is 0 Å². The number of fused-ring (bicyclic) bond motifs is 3. The minimum absolute atomic E-state index is 0.219. The van der Waals surface area contributed by atoms with Gasteiger partial charge in [0.1, 0.15) is 11.1 Å². The third-order valence-corrected chi connectivity index (χ3v) is 4.78. The molecule has 2 aromatic heterocycles. The van der Waals surface area contributed by atoms with Gasteiger partial charge in [-0.05, 0) is 35.8 Å². The number of methoxy groups -OCH3 is 1. The van der Waals surface area contributed by atoms with Crippen LogP contribution in [0.25, 0.3) is 28.7 Å². The Balaban J connectivity index is 1.88. The smallest absolute Gasteiger partial charge is 0.276 e. The molecule has 0 saturated carbocycles. The highest BCUT2D eigenvalue weighted by Crippen LogP contribution is 2.28. The Morgan fingerprint density at radius 1 is 1.23 bits per heavy atom. The molecule has 0 saturated heterocycles. The van der Waals surface area contributed by atoms with Crippen molar-refractivity contribution < 1.29 is 4.74 Å². The topological polar surface area (TPSA) is 72.3 Å². The summed E-state index contributed by atoms with van der Waals surface area (Å²) in [6.45, 7) is 0. The van der Waals surface area contributed by atoms with Gasteiger partial charge in [-0.1, -0.05) is 36.4 Å². The molecule has 0 fully saturated rings. The molecule has 5 rings (SSSR count). The Hall–Kier alpha value is -3.41. The average Bonchev–Trinajstić information content (AvgIpc) is 3.23. The number of aromatic amines is 1. The Labute approximate surface area is 148 Å². The molecule has 0 amide bonds. The number of benzene rings is 2. The average molecular weight is 344 g/mol. The van der Waals surface area contributed by atoms with Crippen molar-refractivity contribution in [1.29, 1.82) is 0 Å². The van der Waals surface area contributed by atoms with Gasteiger partial charge in [0.2, 0.25) is 5.78 Å². The molecule has 2 aromatic carbocycles. The molecule has 0 spiro atoms. The number of rotatable bonds is 2. The van der Waals surface area contributed by atoms with Gasteiger partial charge >= 0.3 is 0 Å². The van der Waals surface area contributed by atoms with Gasteiger partial charge in [-0.2, -0.15) is 9.61 Å². The highest BCUT2D eigenvalue weighted by atomic mass is 16.5. The molecule has 26 heavy (non-hydrogen) atoms. The van der Waals surface area contributed by atoms with Crippen LogP contribution in [-0.4, -0.2) is 26.7 Å². The van der Waals surface area contributed by atoms with Gasteiger partial charge < -0.3 is 4.74 Å². The van der Waals surface area contributed by atoms with Gasteiger partial charge in [0.15, 0.2) is 0 Å². The van der Waals surface area contributed by atoms with E-state index in [4.69, 9.17) is 4.74 Å². The number of nitrogens with one attached hydrogen (secondary N) is 1. The van der Waals surface area contributed by atoms with E-state index in [0.717, 1.165) is 40.2 Å². The van der Waals surface area contributed by atoms with Crippen molar-refractivity contribution in [1.82, 2.24) is 19.6 Å². The van der Waals surface area contributed by atoms with Crippen molar-refractivity contribution >= 4 is 28.7 Å². The quantitative estimate of drug-likeness (QED) is 0.592. The fourth-order valence-electron chi connectivity index (χ4n) is 3.51. The number of aryl methyl sites for hydroxylation is 1. The third kappa shape index (κ3) is 2.15. The van der Waals surface area contributed by atoms with Crippen LogP contribution in [0.15, 0.2) is 41.2 Å². The van der Waals surface area contributed by atoms with Crippen molar-refractivity contribution in [2.75, 3.05) is 7.11 Å². The Kier molecular flexibility index (Phi) is 3.18. The number of hydrogen-bond donors (Lipinski definition) is 1. The molecule has 0 unspecified atom stereocenters. The summed E-state index contributed by atoms with van der Waals surface area (Å²) in [6.07, 6.45) is 5.65. The predicted octanol–water partition coefficient (Wildman–Crippen LogP) is 1.13. The number of ether oxygens (including phenoxy) is 1. The van der Waals surface area contributed by atoms with Gasteiger partial charge in [-0.15, -0.1) is 0 Å². The van der Waals surface area contributed by atoms with Crippen molar-refractivity contribution in [3.8, 4) is 5.75 Å². The fraction of sp³-hybridized carbons (Fsp3) is 0.150. The molecule has 0 bridgehead atoms. The van der Waals surface area contributed by atoms with Crippen LogP contribution in [0.4, 0.5) is 0 Å². The number of hydrogen-bond acceptors (Lipinski definition) is 4. The van der Waals surface area contributed by atoms with Crippen LogP contribution in [0.1, 0.15) is 17.7 Å². The van der Waals surface area contributed by atoms with E-state index >= 15 is 0 Å². The predicted molar refractivity (Wildman–Crippen MR) is 99.7 cm³/mol. The molecule has 2 heterocycles. The first-order valence-electron chi connectivity index (χ1n) is 8.50. The molecule has 1 aliphatic carbocycles. The molecule has 1 aliphatic rings. The lowest BCUT2D eigenvalue weighted by molar-refractivity contribution is 0.414. The zero-order valence-electron chi connectivity index (χ0n) is 14.2. The highest BCUT2D eigenvalue weighted by molar-refractivity contribution is 5.93. The summed E-state index contributed by atoms with van der Waals surface area (Å²) in [5.41, 5.74) is 1.55. The van der Waals surface area contributed by atoms with Crippen molar-refractivity contribution in [2.45, 2.75) is 12.8 Å². The SMILES string of the molecule is COc1ccc2ccccc2c1/C=c1/c(=O)[nH]c2nc3c(nn12)CCC=3. The van der Waals surface area contributed by atoms with E-state index in [1.807, 2.05) is 48.6 Å². The first-order chi connectivity index (χ1) is 12.7. The van der Waals surface area contributed by atoms with Crippen LogP contribution < -0.4 is 21.0 Å². The summed E-state index contributed by atoms with van der Waals surface area (Å²) >= 11 is 0. The third-order valence-electron chi connectivity index (χ3n) is 4.78. The number of aromatic nitrogens is 4. The van der Waals surface area contributed by atoms with Crippen LogP contribution >= 0.6 is 0 Å². The molecule has 0 aliphatic heterocycles. The van der Waals surface area contributed by atoms with Crippen molar-refractivity contribution in [3.63, 3.8) is 0 Å². The van der Waals surface area contributed by atoms with E-state index < -0.39 is 0 Å². The molecule has 4 aromatic rings. The molecule has 128 valence electrons. The lowest BCUT2D eigenvalue weighted by Gasteiger charge is -2.08. The number of imidazole rings is 1. The summed E-state index contributed by atoms with van der Waals surface area (Å²) in [4.78, 5) is 19.9. The summed E-state index contributed by atoms with van der Waals surface area (Å²) in [6, 6.07) is 11.9. The second-order valence-corrected chi connectivity index (χ2v) is 6.31. The van der Waals surface area contributed by atoms with E-state index in [0.29, 0.717) is 16.9 Å². The zero-order valence-corrected chi connectivity index (χ0v) is 14.2. The second kappa shape index (κ2) is 5.56. The van der Waals surface area contributed by atoms with Crippen molar-refractivity contribution in [3.05, 3.63) is 68.7 Å². The standard InChI is InChI=1S/C20H16N4O2/c1-26-18-10-9-12-5-2-3-6-13(12)14(18)11-17-19(25)22-20-21-15-7-4-8-16(15)23-24(17)20/h2-3,5-7,9-11H,4,8H2,1H3,(H,21,22,25)/b17-11-. The Bertz CT molecular complexity index is 1350. The van der Waals surface area contributed by atoms with E-state index in [1.165, 1.54) is 0 Å². The van der Waals surface area contributed by atoms with Gasteiger partial charge in [0, 0.05) is 5.56 Å². The molecule has 0 radical (unpaired) electrons. The summed E-state index contributed by atoms with van der Waals surface area (Å²) in [5, 5.41) is 8.03. The lowest BCUT2D eigenvalue weighted by atomic mass is 10.0. The van der Waals surface area contributed by atoms with Gasteiger partial charge in [-0.3, -0.25) is 9.78 Å². The fourth-order valence-corrected chi connectivity index (χ4v) is 3.51. The minimum atomic E-state index is -0.219. The maximum absolute atomic E-state index is 12.6. The summed E-state index contributed by atoms with van der Waals surface area (Å²) < 4.78 is 7.13.